The molecule has 0 spiro atoms. The van der Waals surface area contributed by atoms with Crippen molar-refractivity contribution in [2.75, 3.05) is 47.5 Å². The highest BCUT2D eigenvalue weighted by molar-refractivity contribution is 5.70. The van der Waals surface area contributed by atoms with Crippen LogP contribution in [-0.4, -0.2) is 82.3 Å². The SMILES string of the molecule is CCCCCCC/C=C\CCCCCCCC(=O)OC(COC(=O)CCCCCCCCCCCCCCCCCCCCCCCCCCCCCCCCCCCCCCCCCC)COC(OCC[N+](C)(C)C)C(=O)[O-]. The highest BCUT2D eigenvalue weighted by Crippen LogP contribution is 2.19. The van der Waals surface area contributed by atoms with E-state index in [1.807, 2.05) is 21.1 Å². The monoisotopic (exact) mass is 1120 g/mol. The average molecular weight is 1120 g/mol. The molecule has 0 saturated carbocycles. The summed E-state index contributed by atoms with van der Waals surface area (Å²) in [5.41, 5.74) is 0. The van der Waals surface area contributed by atoms with Crippen molar-refractivity contribution in [2.45, 2.75) is 373 Å². The van der Waals surface area contributed by atoms with Gasteiger partial charge in [-0.2, -0.15) is 0 Å². The number of hydrogen-bond acceptors (Lipinski definition) is 8. The summed E-state index contributed by atoms with van der Waals surface area (Å²) in [4.78, 5) is 37.3. The third-order valence-corrected chi connectivity index (χ3v) is 16.0. The summed E-state index contributed by atoms with van der Waals surface area (Å²) < 4.78 is 22.7. The van der Waals surface area contributed by atoms with Crippen molar-refractivity contribution >= 4 is 17.9 Å². The number of carboxylic acid groups (broad SMARTS) is 1. The lowest BCUT2D eigenvalue weighted by Gasteiger charge is -2.26. The minimum atomic E-state index is -1.62. The predicted molar refractivity (Wildman–Crippen MR) is 334 cm³/mol. The van der Waals surface area contributed by atoms with Crippen molar-refractivity contribution in [3.63, 3.8) is 0 Å². The van der Waals surface area contributed by atoms with Crippen LogP contribution in [0.25, 0.3) is 0 Å². The zero-order valence-corrected chi connectivity index (χ0v) is 53.5. The number of hydrogen-bond donors (Lipinski definition) is 0. The van der Waals surface area contributed by atoms with Crippen molar-refractivity contribution in [3.8, 4) is 0 Å². The first-order valence-electron chi connectivity index (χ1n) is 34.8. The maximum absolute atomic E-state index is 12.8. The molecule has 2 atom stereocenters. The fourth-order valence-corrected chi connectivity index (χ4v) is 10.7. The van der Waals surface area contributed by atoms with Gasteiger partial charge >= 0.3 is 11.9 Å². The molecule has 0 bridgehead atoms. The first-order chi connectivity index (χ1) is 38.6. The molecule has 0 aliphatic carbocycles. The summed E-state index contributed by atoms with van der Waals surface area (Å²) in [6, 6.07) is 0. The van der Waals surface area contributed by atoms with Crippen LogP contribution >= 0.6 is 0 Å². The molecule has 0 aliphatic rings. The van der Waals surface area contributed by atoms with Gasteiger partial charge in [0.1, 0.15) is 13.2 Å². The molecule has 9 nitrogen and oxygen atoms in total. The first kappa shape index (κ1) is 77.0. The van der Waals surface area contributed by atoms with Crippen LogP contribution < -0.4 is 5.11 Å². The Kier molecular flexibility index (Phi) is 60.5. The van der Waals surface area contributed by atoms with Crippen LogP contribution in [0.5, 0.6) is 0 Å². The number of carboxylic acids is 1. The van der Waals surface area contributed by atoms with Gasteiger partial charge in [0.2, 0.25) is 0 Å². The van der Waals surface area contributed by atoms with Gasteiger partial charge in [0.05, 0.1) is 40.3 Å². The number of esters is 2. The highest BCUT2D eigenvalue weighted by atomic mass is 16.7. The van der Waals surface area contributed by atoms with Crippen LogP contribution in [0, 0.1) is 0 Å². The van der Waals surface area contributed by atoms with E-state index in [0.29, 0.717) is 23.9 Å². The van der Waals surface area contributed by atoms with Gasteiger partial charge in [-0.1, -0.05) is 321 Å². The van der Waals surface area contributed by atoms with Crippen molar-refractivity contribution < 1.29 is 42.9 Å². The van der Waals surface area contributed by atoms with Crippen LogP contribution in [0.1, 0.15) is 361 Å². The molecule has 0 aromatic rings. The van der Waals surface area contributed by atoms with E-state index in [1.165, 1.54) is 276 Å². The Morgan fingerprint density at radius 1 is 0.367 bits per heavy atom. The Morgan fingerprint density at radius 3 is 0.937 bits per heavy atom. The molecule has 9 heteroatoms. The summed E-state index contributed by atoms with van der Waals surface area (Å²) in [6.45, 7) is 4.79. The predicted octanol–water partition coefficient (Wildman–Crippen LogP) is 19.9. The Morgan fingerprint density at radius 2 is 0.646 bits per heavy atom. The molecule has 0 heterocycles. The number of carbonyl (C=O) groups excluding carboxylic acids is 3. The number of aliphatic carboxylic acids is 1. The number of rotatable bonds is 66. The van der Waals surface area contributed by atoms with Gasteiger partial charge in [-0.05, 0) is 38.5 Å². The summed E-state index contributed by atoms with van der Waals surface area (Å²) in [7, 11) is 5.93. The molecular weight excluding hydrogens is 983 g/mol. The summed E-state index contributed by atoms with van der Waals surface area (Å²) in [6.07, 6.45) is 71.9. The number of nitrogens with zero attached hydrogens (tertiary/aromatic N) is 1. The van der Waals surface area contributed by atoms with Crippen molar-refractivity contribution in [3.05, 3.63) is 12.2 Å². The second-order valence-electron chi connectivity index (χ2n) is 25.2. The van der Waals surface area contributed by atoms with E-state index in [2.05, 4.69) is 26.0 Å². The molecule has 0 aromatic heterocycles. The maximum atomic E-state index is 12.8. The molecule has 468 valence electrons. The molecule has 0 aliphatic heterocycles. The second-order valence-corrected chi connectivity index (χ2v) is 25.2. The van der Waals surface area contributed by atoms with Gasteiger partial charge in [0, 0.05) is 12.8 Å². The van der Waals surface area contributed by atoms with Crippen LogP contribution in [0.15, 0.2) is 12.2 Å². The van der Waals surface area contributed by atoms with Gasteiger partial charge < -0.3 is 33.3 Å². The Balaban J connectivity index is 3.85. The molecular formula is C70H135NO8. The van der Waals surface area contributed by atoms with Crippen LogP contribution in [0.3, 0.4) is 0 Å². The third kappa shape index (κ3) is 63.5. The quantitative estimate of drug-likeness (QED) is 0.0195. The molecule has 0 saturated heterocycles. The smallest absolute Gasteiger partial charge is 0.306 e. The van der Waals surface area contributed by atoms with Crippen LogP contribution in [0.4, 0.5) is 0 Å². The molecule has 0 radical (unpaired) electrons. The van der Waals surface area contributed by atoms with E-state index in [9.17, 15) is 19.5 Å². The Hall–Kier alpha value is -1.97. The fraction of sp³-hybridized carbons (Fsp3) is 0.929. The highest BCUT2D eigenvalue weighted by Gasteiger charge is 2.22. The van der Waals surface area contributed by atoms with E-state index in [-0.39, 0.29) is 32.2 Å². The number of quaternary nitrogens is 1. The van der Waals surface area contributed by atoms with Gasteiger partial charge in [-0.3, -0.25) is 9.59 Å². The maximum Gasteiger partial charge on any atom is 0.306 e. The molecule has 79 heavy (non-hydrogen) atoms. The summed E-state index contributed by atoms with van der Waals surface area (Å²) >= 11 is 0. The number of carbonyl (C=O) groups is 3. The zero-order chi connectivity index (χ0) is 57.6. The van der Waals surface area contributed by atoms with E-state index in [0.717, 1.165) is 51.4 Å². The van der Waals surface area contributed by atoms with Crippen molar-refractivity contribution in [1.82, 2.24) is 0 Å². The Bertz CT molecular complexity index is 1300. The van der Waals surface area contributed by atoms with Crippen molar-refractivity contribution in [1.29, 1.82) is 0 Å². The third-order valence-electron chi connectivity index (χ3n) is 16.0. The van der Waals surface area contributed by atoms with Gasteiger partial charge in [-0.15, -0.1) is 0 Å². The lowest BCUT2D eigenvalue weighted by atomic mass is 10.0. The lowest BCUT2D eigenvalue weighted by molar-refractivity contribution is -0.870. The van der Waals surface area contributed by atoms with E-state index < -0.39 is 24.3 Å². The normalized spacial score (nSPS) is 12.7. The number of ether oxygens (including phenoxy) is 4. The van der Waals surface area contributed by atoms with Crippen molar-refractivity contribution in [2.24, 2.45) is 0 Å². The van der Waals surface area contributed by atoms with E-state index >= 15 is 0 Å². The van der Waals surface area contributed by atoms with Crippen LogP contribution in [0.2, 0.25) is 0 Å². The minimum Gasteiger partial charge on any atom is -0.545 e. The van der Waals surface area contributed by atoms with E-state index in [4.69, 9.17) is 18.9 Å². The number of unbranched alkanes of at least 4 members (excludes halogenated alkanes) is 49. The molecule has 0 N–H and O–H groups in total. The standard InChI is InChI=1S/C70H135NO8/c1-6-8-10-12-14-16-18-20-22-23-24-25-26-27-28-29-30-31-32-33-34-35-36-37-38-39-40-41-42-43-44-45-46-47-49-50-52-54-56-58-60-67(72)77-64-66(65-78-70(69(74)75)76-63-62-71(3,4)5)79-68(73)61-59-57-55-53-51-48-21-19-17-15-13-11-9-7-2/h19,21,66,70H,6-18,20,22-65H2,1-5H3/b21-19-. The molecule has 2 unspecified atom stereocenters. The zero-order valence-electron chi connectivity index (χ0n) is 53.5. The topological polar surface area (TPSA) is 111 Å². The fourth-order valence-electron chi connectivity index (χ4n) is 10.7. The molecule has 0 amide bonds. The summed E-state index contributed by atoms with van der Waals surface area (Å²) in [5, 5.41) is 11.8. The number of allylic oxidation sites excluding steroid dienone is 2. The molecule has 0 rings (SSSR count). The molecule has 0 aromatic carbocycles. The van der Waals surface area contributed by atoms with Gasteiger partial charge in [0.15, 0.2) is 12.4 Å². The largest absolute Gasteiger partial charge is 0.545 e. The Labute approximate surface area is 491 Å². The lowest BCUT2D eigenvalue weighted by Crippen LogP contribution is -2.44. The van der Waals surface area contributed by atoms with Gasteiger partial charge in [0.25, 0.3) is 0 Å². The van der Waals surface area contributed by atoms with Gasteiger partial charge in [-0.25, -0.2) is 0 Å². The first-order valence-corrected chi connectivity index (χ1v) is 34.8. The number of likely N-dealkylation sites (N-methyl/N-ethyl adjacent to an activating group) is 1. The summed E-state index contributed by atoms with van der Waals surface area (Å²) in [5.74, 6) is -2.27. The van der Waals surface area contributed by atoms with Crippen LogP contribution in [-0.2, 0) is 33.3 Å². The minimum absolute atomic E-state index is 0.150. The van der Waals surface area contributed by atoms with E-state index in [1.54, 1.807) is 0 Å². The molecule has 0 fully saturated rings. The second kappa shape index (κ2) is 62.1. The average Bonchev–Trinajstić information content (AvgIpc) is 3.42.